The Hall–Kier alpha value is -2.62. The van der Waals surface area contributed by atoms with E-state index in [2.05, 4.69) is 5.32 Å². The van der Waals surface area contributed by atoms with Gasteiger partial charge in [-0.05, 0) is 48.9 Å². The fourth-order valence-corrected chi connectivity index (χ4v) is 2.00. The Morgan fingerprint density at radius 2 is 2.00 bits per heavy atom. The van der Waals surface area contributed by atoms with Gasteiger partial charge in [0.2, 0.25) is 0 Å². The third-order valence-electron chi connectivity index (χ3n) is 3.19. The van der Waals surface area contributed by atoms with Crippen LogP contribution >= 0.6 is 0 Å². The van der Waals surface area contributed by atoms with Crippen molar-refractivity contribution < 1.29 is 13.9 Å². The Morgan fingerprint density at radius 3 is 2.70 bits per heavy atom. The lowest BCUT2D eigenvalue weighted by Gasteiger charge is -2.05. The summed E-state index contributed by atoms with van der Waals surface area (Å²) in [6, 6.07) is 14.7. The first-order valence-corrected chi connectivity index (χ1v) is 7.52. The first kappa shape index (κ1) is 16.7. The molecule has 2 aromatic rings. The smallest absolute Gasteiger partial charge is 0.187 e. The molecule has 0 aliphatic rings. The minimum Gasteiger partial charge on any atom is -0.493 e. The second-order valence-electron chi connectivity index (χ2n) is 5.13. The first-order valence-electron chi connectivity index (χ1n) is 7.52. The molecule has 23 heavy (non-hydrogen) atoms. The van der Waals surface area contributed by atoms with Crippen LogP contribution in [-0.2, 0) is 0 Å². The van der Waals surface area contributed by atoms with E-state index in [9.17, 15) is 9.18 Å². The number of carbonyl (C=O) groups is 1. The van der Waals surface area contributed by atoms with Gasteiger partial charge in [-0.25, -0.2) is 0 Å². The lowest BCUT2D eigenvalue weighted by Crippen LogP contribution is -1.99. The predicted octanol–water partition coefficient (Wildman–Crippen LogP) is 4.54. The predicted molar refractivity (Wildman–Crippen MR) is 90.8 cm³/mol. The number of carbonyl (C=O) groups excluding carboxylic acids is 1. The average molecular weight is 313 g/mol. The van der Waals surface area contributed by atoms with Gasteiger partial charge in [-0.15, -0.1) is 0 Å². The average Bonchev–Trinajstić information content (AvgIpc) is 2.56. The van der Waals surface area contributed by atoms with Crippen molar-refractivity contribution in [1.29, 1.82) is 0 Å². The van der Waals surface area contributed by atoms with Crippen LogP contribution in [0.3, 0.4) is 0 Å². The summed E-state index contributed by atoms with van der Waals surface area (Å²) in [6.45, 7) is 1.96. The molecule has 0 radical (unpaired) electrons. The van der Waals surface area contributed by atoms with E-state index < -0.39 is 6.67 Å². The third kappa shape index (κ3) is 5.58. The minimum absolute atomic E-state index is 0.0968. The highest BCUT2D eigenvalue weighted by atomic mass is 19.1. The molecule has 0 bridgehead atoms. The molecule has 4 heteroatoms. The lowest BCUT2D eigenvalue weighted by molar-refractivity contribution is 0.104. The Balaban J connectivity index is 1.88. The molecule has 0 aliphatic carbocycles. The summed E-state index contributed by atoms with van der Waals surface area (Å²) in [7, 11) is 0. The molecule has 0 saturated heterocycles. The highest BCUT2D eigenvalue weighted by Gasteiger charge is 2.02. The summed E-state index contributed by atoms with van der Waals surface area (Å²) in [6.07, 6.45) is 3.48. The van der Waals surface area contributed by atoms with E-state index in [1.807, 2.05) is 31.2 Å². The van der Waals surface area contributed by atoms with Crippen molar-refractivity contribution in [2.24, 2.45) is 0 Å². The molecule has 1 N–H and O–H groups in total. The molecule has 0 heterocycles. The second-order valence-corrected chi connectivity index (χ2v) is 5.13. The van der Waals surface area contributed by atoms with E-state index in [0.29, 0.717) is 24.3 Å². The van der Waals surface area contributed by atoms with Gasteiger partial charge >= 0.3 is 0 Å². The van der Waals surface area contributed by atoms with Crippen molar-refractivity contribution in [3.8, 4) is 5.75 Å². The van der Waals surface area contributed by atoms with E-state index in [0.717, 1.165) is 11.3 Å². The number of alkyl halides is 1. The van der Waals surface area contributed by atoms with Crippen LogP contribution in [-0.4, -0.2) is 19.1 Å². The van der Waals surface area contributed by atoms with Crippen LogP contribution in [0.1, 0.15) is 22.3 Å². The molecule has 0 atom stereocenters. The van der Waals surface area contributed by atoms with Gasteiger partial charge in [0.25, 0.3) is 0 Å². The molecule has 0 aliphatic heterocycles. The summed E-state index contributed by atoms with van der Waals surface area (Å²) in [5, 5.41) is 3.07. The quantitative estimate of drug-likeness (QED) is 0.442. The van der Waals surface area contributed by atoms with Crippen molar-refractivity contribution >= 4 is 11.5 Å². The van der Waals surface area contributed by atoms with Crippen LogP contribution in [0.4, 0.5) is 10.1 Å². The fourth-order valence-electron chi connectivity index (χ4n) is 2.00. The zero-order chi connectivity index (χ0) is 16.5. The number of anilines is 1. The van der Waals surface area contributed by atoms with E-state index in [-0.39, 0.29) is 5.78 Å². The molecule has 2 aromatic carbocycles. The topological polar surface area (TPSA) is 38.3 Å². The number of ketones is 1. The van der Waals surface area contributed by atoms with Gasteiger partial charge < -0.3 is 10.1 Å². The van der Waals surface area contributed by atoms with Crippen LogP contribution < -0.4 is 10.1 Å². The number of halogens is 1. The van der Waals surface area contributed by atoms with E-state index in [1.54, 1.807) is 30.5 Å². The third-order valence-corrected chi connectivity index (χ3v) is 3.19. The standard InChI is InChI=1S/C19H20FNO2/c1-15-4-2-5-17(14-15)21-12-10-19(22)16-6-8-18(9-7-16)23-13-3-11-20/h2,4-10,12,14,21H,3,11,13H2,1H3. The van der Waals surface area contributed by atoms with Gasteiger partial charge in [-0.2, -0.15) is 0 Å². The molecule has 0 aromatic heterocycles. The van der Waals surface area contributed by atoms with Gasteiger partial charge in [0.05, 0.1) is 13.3 Å². The summed E-state index contributed by atoms with van der Waals surface area (Å²) in [4.78, 5) is 12.1. The molecule has 2 rings (SSSR count). The maximum Gasteiger partial charge on any atom is 0.187 e. The van der Waals surface area contributed by atoms with Crippen LogP contribution in [0.15, 0.2) is 60.8 Å². The second kappa shape index (κ2) is 8.73. The van der Waals surface area contributed by atoms with Crippen molar-refractivity contribution in [3.05, 3.63) is 71.9 Å². The minimum atomic E-state index is -0.394. The van der Waals surface area contributed by atoms with Crippen LogP contribution in [0, 0.1) is 6.92 Å². The SMILES string of the molecule is Cc1cccc(NC=CC(=O)c2ccc(OCCCF)cc2)c1. The van der Waals surface area contributed by atoms with Crippen LogP contribution in [0.25, 0.3) is 0 Å². The molecule has 0 unspecified atom stereocenters. The fraction of sp³-hybridized carbons (Fsp3) is 0.211. The van der Waals surface area contributed by atoms with Gasteiger partial charge in [-0.3, -0.25) is 9.18 Å². The summed E-state index contributed by atoms with van der Waals surface area (Å²) in [5.74, 6) is 0.539. The van der Waals surface area contributed by atoms with Crippen molar-refractivity contribution in [2.75, 3.05) is 18.6 Å². The number of nitrogens with one attached hydrogen (secondary N) is 1. The van der Waals surface area contributed by atoms with Gasteiger partial charge in [0, 0.05) is 29.9 Å². The van der Waals surface area contributed by atoms with E-state index >= 15 is 0 Å². The molecule has 0 spiro atoms. The van der Waals surface area contributed by atoms with Crippen molar-refractivity contribution in [2.45, 2.75) is 13.3 Å². The maximum absolute atomic E-state index is 12.1. The zero-order valence-corrected chi connectivity index (χ0v) is 13.1. The van der Waals surface area contributed by atoms with Gasteiger partial charge in [-0.1, -0.05) is 12.1 Å². The number of ether oxygens (including phenoxy) is 1. The summed E-state index contributed by atoms with van der Waals surface area (Å²) < 4.78 is 17.3. The molecule has 120 valence electrons. The van der Waals surface area contributed by atoms with Gasteiger partial charge in [0.15, 0.2) is 5.78 Å². The van der Waals surface area contributed by atoms with Crippen LogP contribution in [0.2, 0.25) is 0 Å². The monoisotopic (exact) mass is 313 g/mol. The first-order chi connectivity index (χ1) is 11.2. The highest BCUT2D eigenvalue weighted by molar-refractivity contribution is 6.04. The Morgan fingerprint density at radius 1 is 1.22 bits per heavy atom. The van der Waals surface area contributed by atoms with Gasteiger partial charge in [0.1, 0.15) is 5.75 Å². The maximum atomic E-state index is 12.1. The number of aryl methyl sites for hydroxylation is 1. The number of benzene rings is 2. The Labute approximate surface area is 135 Å². The van der Waals surface area contributed by atoms with Crippen LogP contribution in [0.5, 0.6) is 5.75 Å². The van der Waals surface area contributed by atoms with E-state index in [1.165, 1.54) is 6.08 Å². The normalized spacial score (nSPS) is 10.7. The molecular weight excluding hydrogens is 293 g/mol. The summed E-state index contributed by atoms with van der Waals surface area (Å²) >= 11 is 0. The lowest BCUT2D eigenvalue weighted by atomic mass is 10.1. The Kier molecular flexibility index (Phi) is 6.36. The number of hydrogen-bond acceptors (Lipinski definition) is 3. The van der Waals surface area contributed by atoms with Crippen molar-refractivity contribution in [3.63, 3.8) is 0 Å². The molecule has 0 saturated carbocycles. The van der Waals surface area contributed by atoms with E-state index in [4.69, 9.17) is 4.74 Å². The summed E-state index contributed by atoms with van der Waals surface area (Å²) in [5.41, 5.74) is 2.66. The number of hydrogen-bond donors (Lipinski definition) is 1. The zero-order valence-electron chi connectivity index (χ0n) is 13.1. The largest absolute Gasteiger partial charge is 0.493 e. The highest BCUT2D eigenvalue weighted by Crippen LogP contribution is 2.14. The molecule has 3 nitrogen and oxygen atoms in total. The molecular formula is C19H20FNO2. The molecule has 0 amide bonds. The Bertz CT molecular complexity index is 665. The van der Waals surface area contributed by atoms with Crippen molar-refractivity contribution in [1.82, 2.24) is 0 Å². The molecule has 0 fully saturated rings. The number of allylic oxidation sites excluding steroid dienone is 1. The number of rotatable bonds is 8.